The van der Waals surface area contributed by atoms with Gasteiger partial charge in [-0.3, -0.25) is 4.79 Å². The van der Waals surface area contributed by atoms with E-state index in [4.69, 9.17) is 16.3 Å². The SMILES string of the molecule is CN1CCOC2CN(C(=O)c3ncc(Cl)cn3)CCC2C1. The number of likely N-dealkylation sites (tertiary alicyclic amines) is 1. The van der Waals surface area contributed by atoms with Gasteiger partial charge in [0.1, 0.15) is 0 Å². The minimum Gasteiger partial charge on any atom is -0.375 e. The molecule has 0 bridgehead atoms. The molecule has 2 saturated heterocycles. The summed E-state index contributed by atoms with van der Waals surface area (Å²) >= 11 is 5.75. The second kappa shape index (κ2) is 6.25. The Bertz CT molecular complexity index is 510. The van der Waals surface area contributed by atoms with E-state index in [1.165, 1.54) is 12.4 Å². The van der Waals surface area contributed by atoms with Gasteiger partial charge in [0, 0.05) is 44.5 Å². The van der Waals surface area contributed by atoms with Crippen molar-refractivity contribution in [3.05, 3.63) is 23.2 Å². The first-order valence-electron chi connectivity index (χ1n) is 7.20. The van der Waals surface area contributed by atoms with Gasteiger partial charge in [-0.1, -0.05) is 11.6 Å². The van der Waals surface area contributed by atoms with Crippen molar-refractivity contribution in [3.8, 4) is 0 Å². The highest BCUT2D eigenvalue weighted by Crippen LogP contribution is 2.24. The minimum absolute atomic E-state index is 0.111. The molecule has 1 aromatic heterocycles. The number of aromatic nitrogens is 2. The number of likely N-dealkylation sites (N-methyl/N-ethyl adjacent to an activating group) is 1. The van der Waals surface area contributed by atoms with Crippen molar-refractivity contribution in [2.24, 2.45) is 5.92 Å². The van der Waals surface area contributed by atoms with Gasteiger partial charge in [-0.2, -0.15) is 0 Å². The molecule has 114 valence electrons. The maximum absolute atomic E-state index is 12.4. The maximum atomic E-state index is 12.4. The zero-order chi connectivity index (χ0) is 14.8. The van der Waals surface area contributed by atoms with Crippen molar-refractivity contribution < 1.29 is 9.53 Å². The summed E-state index contributed by atoms with van der Waals surface area (Å²) in [4.78, 5) is 24.5. The lowest BCUT2D eigenvalue weighted by Crippen LogP contribution is -2.49. The number of ether oxygens (including phenoxy) is 1. The molecule has 2 aliphatic heterocycles. The van der Waals surface area contributed by atoms with Crippen LogP contribution >= 0.6 is 11.6 Å². The molecule has 7 heteroatoms. The maximum Gasteiger partial charge on any atom is 0.291 e. The fraction of sp³-hybridized carbons (Fsp3) is 0.643. The molecule has 2 fully saturated rings. The van der Waals surface area contributed by atoms with Gasteiger partial charge in [0.15, 0.2) is 0 Å². The van der Waals surface area contributed by atoms with E-state index >= 15 is 0 Å². The van der Waals surface area contributed by atoms with Gasteiger partial charge in [-0.05, 0) is 13.5 Å². The molecule has 1 amide bonds. The van der Waals surface area contributed by atoms with E-state index in [-0.39, 0.29) is 17.8 Å². The van der Waals surface area contributed by atoms with Crippen LogP contribution in [0.2, 0.25) is 5.02 Å². The van der Waals surface area contributed by atoms with Crippen molar-refractivity contribution in [1.82, 2.24) is 19.8 Å². The van der Waals surface area contributed by atoms with Gasteiger partial charge >= 0.3 is 0 Å². The van der Waals surface area contributed by atoms with Gasteiger partial charge in [0.05, 0.1) is 17.7 Å². The molecule has 3 rings (SSSR count). The monoisotopic (exact) mass is 310 g/mol. The van der Waals surface area contributed by atoms with Crippen LogP contribution in [0.15, 0.2) is 12.4 Å². The van der Waals surface area contributed by atoms with E-state index in [1.54, 1.807) is 4.90 Å². The highest BCUT2D eigenvalue weighted by molar-refractivity contribution is 6.30. The van der Waals surface area contributed by atoms with Crippen molar-refractivity contribution in [1.29, 1.82) is 0 Å². The summed E-state index contributed by atoms with van der Waals surface area (Å²) in [5.74, 6) is 0.544. The lowest BCUT2D eigenvalue weighted by molar-refractivity contribution is -0.0174. The second-order valence-corrected chi connectivity index (χ2v) is 6.13. The van der Waals surface area contributed by atoms with Crippen molar-refractivity contribution in [2.45, 2.75) is 12.5 Å². The Kier molecular flexibility index (Phi) is 4.37. The Balaban J connectivity index is 1.68. The average Bonchev–Trinajstić information content (AvgIpc) is 2.67. The summed E-state index contributed by atoms with van der Waals surface area (Å²) in [5.41, 5.74) is 0. The van der Waals surface area contributed by atoms with Crippen LogP contribution in [0.25, 0.3) is 0 Å². The molecule has 0 N–H and O–H groups in total. The highest BCUT2D eigenvalue weighted by Gasteiger charge is 2.35. The fourth-order valence-electron chi connectivity index (χ4n) is 2.96. The molecule has 1 aromatic rings. The number of hydrogen-bond donors (Lipinski definition) is 0. The molecule has 0 radical (unpaired) electrons. The Morgan fingerprint density at radius 1 is 1.33 bits per heavy atom. The summed E-state index contributed by atoms with van der Waals surface area (Å²) < 4.78 is 5.92. The molecule has 0 aliphatic carbocycles. The van der Waals surface area contributed by atoms with E-state index in [0.29, 0.717) is 17.5 Å². The minimum atomic E-state index is -0.147. The first-order chi connectivity index (χ1) is 10.1. The number of piperidine rings is 1. The number of carbonyl (C=O) groups excluding carboxylic acids is 1. The van der Waals surface area contributed by atoms with Gasteiger partial charge in [-0.15, -0.1) is 0 Å². The largest absolute Gasteiger partial charge is 0.375 e. The molecule has 3 heterocycles. The molecule has 6 nitrogen and oxygen atoms in total. The molecule has 0 spiro atoms. The van der Waals surface area contributed by atoms with Crippen LogP contribution in [0.4, 0.5) is 0 Å². The lowest BCUT2D eigenvalue weighted by Gasteiger charge is -2.37. The Hall–Kier alpha value is -1.24. The Morgan fingerprint density at radius 3 is 2.86 bits per heavy atom. The number of nitrogens with zero attached hydrogens (tertiary/aromatic N) is 4. The standard InChI is InChI=1S/C14H19ClN4O2/c1-18-4-5-21-12-9-19(3-2-10(12)8-18)14(20)13-16-6-11(15)7-17-13/h6-7,10,12H,2-5,8-9H2,1H3. The van der Waals surface area contributed by atoms with Crippen LogP contribution in [0.1, 0.15) is 17.0 Å². The normalized spacial score (nSPS) is 27.0. The summed E-state index contributed by atoms with van der Waals surface area (Å²) in [6.45, 7) is 4.04. The van der Waals surface area contributed by atoms with Crippen molar-refractivity contribution in [3.63, 3.8) is 0 Å². The van der Waals surface area contributed by atoms with Gasteiger partial charge in [-0.25, -0.2) is 9.97 Å². The quantitative estimate of drug-likeness (QED) is 0.772. The third-order valence-electron chi connectivity index (χ3n) is 4.15. The van der Waals surface area contributed by atoms with Crippen molar-refractivity contribution in [2.75, 3.05) is 39.8 Å². The van der Waals surface area contributed by atoms with E-state index < -0.39 is 0 Å². The molecular formula is C14H19ClN4O2. The molecular weight excluding hydrogens is 292 g/mol. The third kappa shape index (κ3) is 3.33. The van der Waals surface area contributed by atoms with Gasteiger partial charge < -0.3 is 14.5 Å². The summed E-state index contributed by atoms with van der Waals surface area (Å²) in [6, 6.07) is 0. The van der Waals surface area contributed by atoms with E-state index in [2.05, 4.69) is 21.9 Å². The Morgan fingerprint density at radius 2 is 2.10 bits per heavy atom. The summed E-state index contributed by atoms with van der Waals surface area (Å²) in [5, 5.41) is 0.431. The van der Waals surface area contributed by atoms with Crippen LogP contribution < -0.4 is 0 Å². The van der Waals surface area contributed by atoms with Gasteiger partial charge in [0.25, 0.3) is 5.91 Å². The number of fused-ring (bicyclic) bond motifs is 1. The summed E-state index contributed by atoms with van der Waals surface area (Å²) in [7, 11) is 2.12. The molecule has 0 aromatic carbocycles. The molecule has 2 aliphatic rings. The number of hydrogen-bond acceptors (Lipinski definition) is 5. The Labute approximate surface area is 129 Å². The topological polar surface area (TPSA) is 58.6 Å². The third-order valence-corrected chi connectivity index (χ3v) is 4.34. The highest BCUT2D eigenvalue weighted by atomic mass is 35.5. The zero-order valence-corrected chi connectivity index (χ0v) is 12.8. The van der Waals surface area contributed by atoms with Gasteiger partial charge in [0.2, 0.25) is 5.82 Å². The molecule has 21 heavy (non-hydrogen) atoms. The van der Waals surface area contributed by atoms with E-state index in [1.807, 2.05) is 0 Å². The predicted octanol–water partition coefficient (Wildman–Crippen LogP) is 0.923. The van der Waals surface area contributed by atoms with Crippen molar-refractivity contribution >= 4 is 17.5 Å². The first-order valence-corrected chi connectivity index (χ1v) is 7.58. The second-order valence-electron chi connectivity index (χ2n) is 5.70. The molecule has 0 saturated carbocycles. The molecule has 2 atom stereocenters. The number of rotatable bonds is 1. The summed E-state index contributed by atoms with van der Waals surface area (Å²) in [6.07, 6.45) is 3.96. The fourth-order valence-corrected chi connectivity index (χ4v) is 3.06. The predicted molar refractivity (Wildman–Crippen MR) is 78.3 cm³/mol. The van der Waals surface area contributed by atoms with E-state index in [9.17, 15) is 4.79 Å². The zero-order valence-electron chi connectivity index (χ0n) is 12.0. The van der Waals surface area contributed by atoms with Crippen LogP contribution in [0, 0.1) is 5.92 Å². The number of halogens is 1. The van der Waals surface area contributed by atoms with Crippen LogP contribution in [0.3, 0.4) is 0 Å². The van der Waals surface area contributed by atoms with Crippen LogP contribution in [-0.4, -0.2) is 71.6 Å². The average molecular weight is 311 g/mol. The van der Waals surface area contributed by atoms with Crippen LogP contribution in [0.5, 0.6) is 0 Å². The molecule has 2 unspecified atom stereocenters. The smallest absolute Gasteiger partial charge is 0.291 e. The number of carbonyl (C=O) groups is 1. The van der Waals surface area contributed by atoms with Crippen LogP contribution in [-0.2, 0) is 4.74 Å². The lowest BCUT2D eigenvalue weighted by atomic mass is 9.93. The number of amides is 1. The van der Waals surface area contributed by atoms with E-state index in [0.717, 1.165) is 32.7 Å². The first kappa shape index (κ1) is 14.7.